The zero-order chi connectivity index (χ0) is 13.1. The highest BCUT2D eigenvalue weighted by atomic mass is 32.1. The molecule has 1 N–H and O–H groups in total. The molecule has 0 unspecified atom stereocenters. The Bertz CT molecular complexity index is 507. The van der Waals surface area contributed by atoms with Crippen molar-refractivity contribution < 1.29 is 0 Å². The summed E-state index contributed by atoms with van der Waals surface area (Å²) in [4.78, 5) is 4.67. The number of nitrogens with zero attached hydrogens (tertiary/aromatic N) is 1. The van der Waals surface area contributed by atoms with E-state index in [-0.39, 0.29) is 0 Å². The first-order valence-electron chi connectivity index (χ1n) is 7.30. The first kappa shape index (κ1) is 13.1. The van der Waals surface area contributed by atoms with Gasteiger partial charge in [-0.1, -0.05) is 38.3 Å². The summed E-state index contributed by atoms with van der Waals surface area (Å²) in [5.74, 6) is 0. The third-order valence-electron chi connectivity index (χ3n) is 4.23. The highest BCUT2D eigenvalue weighted by molar-refractivity contribution is 7.18. The minimum atomic E-state index is 0.509. The number of hydrogen-bond donors (Lipinski definition) is 1. The number of para-hydroxylation sites is 1. The van der Waals surface area contributed by atoms with Gasteiger partial charge in [0.1, 0.15) is 5.01 Å². The summed E-state index contributed by atoms with van der Waals surface area (Å²) in [5, 5.41) is 4.83. The van der Waals surface area contributed by atoms with E-state index in [9.17, 15) is 0 Å². The van der Waals surface area contributed by atoms with Gasteiger partial charge in [-0.05, 0) is 30.4 Å². The van der Waals surface area contributed by atoms with Crippen LogP contribution in [0.2, 0.25) is 0 Å². The van der Waals surface area contributed by atoms with Crippen LogP contribution in [0, 0.1) is 5.41 Å². The van der Waals surface area contributed by atoms with Crippen molar-refractivity contribution in [2.45, 2.75) is 45.6 Å². The van der Waals surface area contributed by atoms with Crippen LogP contribution in [0.25, 0.3) is 10.2 Å². The van der Waals surface area contributed by atoms with E-state index in [0.717, 1.165) is 18.6 Å². The van der Waals surface area contributed by atoms with Crippen LogP contribution in [0.4, 0.5) is 0 Å². The lowest BCUT2D eigenvalue weighted by Gasteiger charge is -2.33. The van der Waals surface area contributed by atoms with Crippen molar-refractivity contribution in [2.24, 2.45) is 5.41 Å². The average molecular weight is 274 g/mol. The van der Waals surface area contributed by atoms with Gasteiger partial charge in [0.2, 0.25) is 0 Å². The summed E-state index contributed by atoms with van der Waals surface area (Å²) < 4.78 is 1.29. The molecule has 19 heavy (non-hydrogen) atoms. The Balaban J connectivity index is 1.57. The number of nitrogens with one attached hydrogen (secondary N) is 1. The quantitative estimate of drug-likeness (QED) is 0.896. The molecular formula is C16H22N2S. The second kappa shape index (κ2) is 5.59. The monoisotopic (exact) mass is 274 g/mol. The van der Waals surface area contributed by atoms with E-state index in [1.165, 1.54) is 41.8 Å². The van der Waals surface area contributed by atoms with Crippen LogP contribution in [0.3, 0.4) is 0 Å². The molecule has 2 aromatic rings. The SMILES string of the molecule is CC1(CNCc2nc3ccccc3s2)CCCCC1. The summed E-state index contributed by atoms with van der Waals surface area (Å²) in [6.45, 7) is 4.47. The summed E-state index contributed by atoms with van der Waals surface area (Å²) in [7, 11) is 0. The van der Waals surface area contributed by atoms with E-state index in [1.54, 1.807) is 0 Å². The number of rotatable bonds is 4. The van der Waals surface area contributed by atoms with Gasteiger partial charge >= 0.3 is 0 Å². The first-order valence-corrected chi connectivity index (χ1v) is 8.12. The van der Waals surface area contributed by atoms with Crippen LogP contribution in [-0.4, -0.2) is 11.5 Å². The Morgan fingerprint density at radius 3 is 2.79 bits per heavy atom. The number of benzene rings is 1. The Labute approximate surface area is 119 Å². The summed E-state index contributed by atoms with van der Waals surface area (Å²) >= 11 is 1.81. The maximum absolute atomic E-state index is 4.67. The van der Waals surface area contributed by atoms with Crippen molar-refractivity contribution in [3.8, 4) is 0 Å². The van der Waals surface area contributed by atoms with E-state index < -0.39 is 0 Å². The zero-order valence-corrected chi connectivity index (χ0v) is 12.4. The van der Waals surface area contributed by atoms with Crippen molar-refractivity contribution in [3.63, 3.8) is 0 Å². The molecule has 1 heterocycles. The molecule has 1 saturated carbocycles. The normalized spacial score (nSPS) is 18.8. The molecule has 1 aliphatic rings. The van der Waals surface area contributed by atoms with Gasteiger partial charge in [-0.15, -0.1) is 11.3 Å². The smallest absolute Gasteiger partial charge is 0.108 e. The van der Waals surface area contributed by atoms with Gasteiger partial charge in [-0.2, -0.15) is 0 Å². The maximum Gasteiger partial charge on any atom is 0.108 e. The lowest BCUT2D eigenvalue weighted by Crippen LogP contribution is -2.33. The molecule has 1 aromatic carbocycles. The molecule has 0 atom stereocenters. The standard InChI is InChI=1S/C16H22N2S/c1-16(9-5-2-6-10-16)12-17-11-15-18-13-7-3-4-8-14(13)19-15/h3-4,7-8,17H,2,5-6,9-12H2,1H3. The van der Waals surface area contributed by atoms with Crippen LogP contribution in [-0.2, 0) is 6.54 Å². The predicted molar refractivity (Wildman–Crippen MR) is 82.5 cm³/mol. The number of aromatic nitrogens is 1. The average Bonchev–Trinajstić information content (AvgIpc) is 2.82. The van der Waals surface area contributed by atoms with Gasteiger partial charge in [-0.3, -0.25) is 0 Å². The van der Waals surface area contributed by atoms with Gasteiger partial charge in [0.15, 0.2) is 0 Å². The van der Waals surface area contributed by atoms with Gasteiger partial charge < -0.3 is 5.32 Å². The van der Waals surface area contributed by atoms with E-state index in [4.69, 9.17) is 0 Å². The van der Waals surface area contributed by atoms with Crippen molar-refractivity contribution in [1.29, 1.82) is 0 Å². The largest absolute Gasteiger partial charge is 0.310 e. The van der Waals surface area contributed by atoms with Crippen LogP contribution in [0.15, 0.2) is 24.3 Å². The molecule has 2 nitrogen and oxygen atoms in total. The predicted octanol–water partition coefficient (Wildman–Crippen LogP) is 4.36. The fourth-order valence-corrected chi connectivity index (χ4v) is 3.99. The summed E-state index contributed by atoms with van der Waals surface area (Å²) in [5.41, 5.74) is 1.64. The van der Waals surface area contributed by atoms with Crippen molar-refractivity contribution in [2.75, 3.05) is 6.54 Å². The second-order valence-electron chi connectivity index (χ2n) is 6.05. The molecule has 0 aliphatic heterocycles. The molecule has 102 valence electrons. The molecule has 0 bridgehead atoms. The Kier molecular flexibility index (Phi) is 3.85. The minimum absolute atomic E-state index is 0.509. The van der Waals surface area contributed by atoms with Crippen molar-refractivity contribution >= 4 is 21.6 Å². The lowest BCUT2D eigenvalue weighted by molar-refractivity contribution is 0.207. The Morgan fingerprint density at radius 2 is 2.00 bits per heavy atom. The highest BCUT2D eigenvalue weighted by Gasteiger charge is 2.26. The fourth-order valence-electron chi connectivity index (χ4n) is 3.05. The summed E-state index contributed by atoms with van der Waals surface area (Å²) in [6, 6.07) is 8.39. The molecule has 1 fully saturated rings. The molecule has 1 aromatic heterocycles. The van der Waals surface area contributed by atoms with Crippen LogP contribution >= 0.6 is 11.3 Å². The number of fused-ring (bicyclic) bond motifs is 1. The molecule has 3 heteroatoms. The zero-order valence-electron chi connectivity index (χ0n) is 11.6. The van der Waals surface area contributed by atoms with E-state index >= 15 is 0 Å². The van der Waals surface area contributed by atoms with Crippen molar-refractivity contribution in [3.05, 3.63) is 29.3 Å². The molecular weight excluding hydrogens is 252 g/mol. The summed E-state index contributed by atoms with van der Waals surface area (Å²) in [6.07, 6.45) is 6.98. The molecule has 0 amide bonds. The topological polar surface area (TPSA) is 24.9 Å². The number of thiazole rings is 1. The van der Waals surface area contributed by atoms with Crippen LogP contribution in [0.1, 0.15) is 44.0 Å². The van der Waals surface area contributed by atoms with E-state index in [2.05, 4.69) is 41.5 Å². The molecule has 0 radical (unpaired) electrons. The Hall–Kier alpha value is -0.930. The second-order valence-corrected chi connectivity index (χ2v) is 7.17. The highest BCUT2D eigenvalue weighted by Crippen LogP contribution is 2.35. The minimum Gasteiger partial charge on any atom is -0.310 e. The van der Waals surface area contributed by atoms with Crippen molar-refractivity contribution in [1.82, 2.24) is 10.3 Å². The van der Waals surface area contributed by atoms with Crippen LogP contribution < -0.4 is 5.32 Å². The van der Waals surface area contributed by atoms with Gasteiger partial charge in [-0.25, -0.2) is 4.98 Å². The van der Waals surface area contributed by atoms with E-state index in [0.29, 0.717) is 5.41 Å². The van der Waals surface area contributed by atoms with Gasteiger partial charge in [0, 0.05) is 13.1 Å². The fraction of sp³-hybridized carbons (Fsp3) is 0.562. The molecule has 1 aliphatic carbocycles. The molecule has 0 spiro atoms. The number of hydrogen-bond acceptors (Lipinski definition) is 3. The molecule has 3 rings (SSSR count). The van der Waals surface area contributed by atoms with Gasteiger partial charge in [0.05, 0.1) is 10.2 Å². The Morgan fingerprint density at radius 1 is 1.21 bits per heavy atom. The lowest BCUT2D eigenvalue weighted by atomic mass is 9.76. The third-order valence-corrected chi connectivity index (χ3v) is 5.26. The maximum atomic E-state index is 4.67. The molecule has 0 saturated heterocycles. The first-order chi connectivity index (χ1) is 9.25. The third kappa shape index (κ3) is 3.15. The van der Waals surface area contributed by atoms with Crippen LogP contribution in [0.5, 0.6) is 0 Å². The van der Waals surface area contributed by atoms with Gasteiger partial charge in [0.25, 0.3) is 0 Å². The van der Waals surface area contributed by atoms with E-state index in [1.807, 2.05) is 11.3 Å².